The van der Waals surface area contributed by atoms with Crippen LogP contribution in [0.5, 0.6) is 0 Å². The molecule has 1 aromatic rings. The van der Waals surface area contributed by atoms with E-state index in [2.05, 4.69) is 54.3 Å². The molecule has 0 radical (unpaired) electrons. The number of aryl methyl sites for hydroxylation is 1. The molecule has 1 heterocycles. The maximum atomic E-state index is 4.26. The van der Waals surface area contributed by atoms with Gasteiger partial charge in [-0.25, -0.2) is 4.98 Å². The van der Waals surface area contributed by atoms with E-state index in [1.165, 1.54) is 5.57 Å². The fourth-order valence-electron chi connectivity index (χ4n) is 1.55. The number of aromatic amines is 1. The molecule has 0 aromatic carbocycles. The predicted octanol–water partition coefficient (Wildman–Crippen LogP) is 4.23. The van der Waals surface area contributed by atoms with Crippen LogP contribution in [0.15, 0.2) is 53.3 Å². The lowest BCUT2D eigenvalue weighted by molar-refractivity contribution is 0.970. The monoisotopic (exact) mass is 275 g/mol. The summed E-state index contributed by atoms with van der Waals surface area (Å²) in [4.78, 5) is 4.26. The molecular formula is C15H21N3S. The lowest BCUT2D eigenvalue weighted by atomic mass is 10.1. The van der Waals surface area contributed by atoms with Gasteiger partial charge in [-0.05, 0) is 31.4 Å². The van der Waals surface area contributed by atoms with E-state index in [4.69, 9.17) is 0 Å². The van der Waals surface area contributed by atoms with Gasteiger partial charge in [-0.3, -0.25) is 5.10 Å². The third-order valence-corrected chi connectivity index (χ3v) is 3.42. The molecule has 3 nitrogen and oxygen atoms in total. The van der Waals surface area contributed by atoms with Gasteiger partial charge in [0.25, 0.3) is 0 Å². The van der Waals surface area contributed by atoms with Gasteiger partial charge >= 0.3 is 0 Å². The van der Waals surface area contributed by atoms with Gasteiger partial charge in [-0.15, -0.1) is 5.10 Å². The average molecular weight is 275 g/mol. The number of aromatic nitrogens is 3. The summed E-state index contributed by atoms with van der Waals surface area (Å²) in [7, 11) is 0. The summed E-state index contributed by atoms with van der Waals surface area (Å²) in [6.45, 7) is 14.1. The van der Waals surface area contributed by atoms with Crippen molar-refractivity contribution in [1.29, 1.82) is 0 Å². The minimum atomic E-state index is 0.753. The zero-order chi connectivity index (χ0) is 14.3. The molecule has 0 saturated carbocycles. The van der Waals surface area contributed by atoms with Gasteiger partial charge in [-0.2, -0.15) is 0 Å². The van der Waals surface area contributed by atoms with Gasteiger partial charge in [0.05, 0.1) is 0 Å². The Labute approximate surface area is 119 Å². The first-order valence-electron chi connectivity index (χ1n) is 6.27. The normalized spacial score (nSPS) is 12.6. The number of H-pyrrole nitrogens is 1. The second-order valence-electron chi connectivity index (χ2n) is 4.26. The summed E-state index contributed by atoms with van der Waals surface area (Å²) >= 11 is 1.57. The highest BCUT2D eigenvalue weighted by molar-refractivity contribution is 7.99. The standard InChI is InChI=1S/C15H21N3S/c1-6-8-11(3)9-14(7-2)12(4)10-19-15-16-13(5)17-18-15/h7-9H,2,4,6,10H2,1,3,5H3,(H,16,17,18)/b11-8+,14-9+. The number of nitrogens with one attached hydrogen (secondary N) is 1. The van der Waals surface area contributed by atoms with E-state index in [0.29, 0.717) is 0 Å². The van der Waals surface area contributed by atoms with Crippen molar-refractivity contribution in [2.24, 2.45) is 0 Å². The van der Waals surface area contributed by atoms with E-state index in [1.807, 2.05) is 13.0 Å². The molecule has 0 amide bonds. The van der Waals surface area contributed by atoms with E-state index in [0.717, 1.165) is 34.3 Å². The molecule has 0 saturated heterocycles. The first-order chi connectivity index (χ1) is 9.06. The Kier molecular flexibility index (Phi) is 6.36. The van der Waals surface area contributed by atoms with Crippen LogP contribution in [0.1, 0.15) is 26.1 Å². The second kappa shape index (κ2) is 7.79. The van der Waals surface area contributed by atoms with E-state index >= 15 is 0 Å². The number of nitrogens with zero attached hydrogens (tertiary/aromatic N) is 2. The van der Waals surface area contributed by atoms with Crippen molar-refractivity contribution < 1.29 is 0 Å². The third kappa shape index (κ3) is 5.30. The smallest absolute Gasteiger partial charge is 0.208 e. The maximum absolute atomic E-state index is 4.26. The van der Waals surface area contributed by atoms with Crippen molar-refractivity contribution in [2.75, 3.05) is 5.75 Å². The maximum Gasteiger partial charge on any atom is 0.208 e. The van der Waals surface area contributed by atoms with E-state index in [-0.39, 0.29) is 0 Å². The summed E-state index contributed by atoms with van der Waals surface area (Å²) in [6, 6.07) is 0. The quantitative estimate of drug-likeness (QED) is 0.598. The van der Waals surface area contributed by atoms with E-state index in [1.54, 1.807) is 11.8 Å². The van der Waals surface area contributed by atoms with Crippen LogP contribution in [0.25, 0.3) is 0 Å². The lowest BCUT2D eigenvalue weighted by Crippen LogP contribution is -1.91. The van der Waals surface area contributed by atoms with Crippen LogP contribution in [0.2, 0.25) is 0 Å². The molecule has 19 heavy (non-hydrogen) atoms. The van der Waals surface area contributed by atoms with Crippen LogP contribution >= 0.6 is 11.8 Å². The molecule has 0 aliphatic carbocycles. The summed E-state index contributed by atoms with van der Waals surface area (Å²) < 4.78 is 0. The number of rotatable bonds is 7. The highest BCUT2D eigenvalue weighted by atomic mass is 32.2. The molecule has 4 heteroatoms. The topological polar surface area (TPSA) is 41.6 Å². The van der Waals surface area contributed by atoms with E-state index < -0.39 is 0 Å². The van der Waals surface area contributed by atoms with Gasteiger partial charge in [0.2, 0.25) is 5.16 Å². The molecule has 0 atom stereocenters. The largest absolute Gasteiger partial charge is 0.262 e. The molecule has 1 aromatic heterocycles. The van der Waals surface area contributed by atoms with Crippen LogP contribution in [0.4, 0.5) is 0 Å². The van der Waals surface area contributed by atoms with Gasteiger partial charge < -0.3 is 0 Å². The Bertz CT molecular complexity index is 509. The van der Waals surface area contributed by atoms with Crippen LogP contribution in [0.3, 0.4) is 0 Å². The zero-order valence-corrected chi connectivity index (χ0v) is 12.7. The number of allylic oxidation sites excluding steroid dienone is 5. The van der Waals surface area contributed by atoms with Crippen molar-refractivity contribution in [3.8, 4) is 0 Å². The Balaban J connectivity index is 2.64. The van der Waals surface area contributed by atoms with Gasteiger partial charge in [0.15, 0.2) is 0 Å². The lowest BCUT2D eigenvalue weighted by Gasteiger charge is -2.05. The summed E-state index contributed by atoms with van der Waals surface area (Å²) in [6.07, 6.45) is 7.18. The van der Waals surface area contributed by atoms with Crippen LogP contribution in [-0.2, 0) is 0 Å². The number of thioether (sulfide) groups is 1. The van der Waals surface area contributed by atoms with Crippen molar-refractivity contribution in [3.05, 3.63) is 53.9 Å². The first-order valence-corrected chi connectivity index (χ1v) is 7.26. The van der Waals surface area contributed by atoms with Crippen molar-refractivity contribution in [1.82, 2.24) is 15.2 Å². The number of hydrogen-bond donors (Lipinski definition) is 1. The summed E-state index contributed by atoms with van der Waals surface area (Å²) in [5, 5.41) is 7.67. The molecule has 0 spiro atoms. The summed E-state index contributed by atoms with van der Waals surface area (Å²) in [5.41, 5.74) is 3.34. The fraction of sp³-hybridized carbons (Fsp3) is 0.333. The molecule has 1 rings (SSSR count). The highest BCUT2D eigenvalue weighted by Gasteiger charge is 2.04. The van der Waals surface area contributed by atoms with Gasteiger partial charge in [-0.1, -0.05) is 55.6 Å². The van der Waals surface area contributed by atoms with Crippen LogP contribution in [0, 0.1) is 6.92 Å². The molecule has 0 bridgehead atoms. The molecular weight excluding hydrogens is 254 g/mol. The average Bonchev–Trinajstić information content (AvgIpc) is 2.79. The Morgan fingerprint density at radius 2 is 2.21 bits per heavy atom. The third-order valence-electron chi connectivity index (χ3n) is 2.49. The fourth-order valence-corrected chi connectivity index (χ4v) is 2.33. The minimum Gasteiger partial charge on any atom is -0.262 e. The Hall–Kier alpha value is -1.55. The molecule has 1 N–H and O–H groups in total. The molecule has 0 fully saturated rings. The van der Waals surface area contributed by atoms with Gasteiger partial charge in [0, 0.05) is 5.75 Å². The van der Waals surface area contributed by atoms with Crippen molar-refractivity contribution in [3.63, 3.8) is 0 Å². The Morgan fingerprint density at radius 3 is 2.74 bits per heavy atom. The van der Waals surface area contributed by atoms with Crippen LogP contribution < -0.4 is 0 Å². The SMILES string of the molecule is C=C/C(=C\C(C)=C\CC)C(=C)CSc1n[nH]c(C)n1. The second-order valence-corrected chi connectivity index (χ2v) is 5.20. The molecule has 102 valence electrons. The van der Waals surface area contributed by atoms with E-state index in [9.17, 15) is 0 Å². The predicted molar refractivity (Wildman–Crippen MR) is 83.3 cm³/mol. The summed E-state index contributed by atoms with van der Waals surface area (Å²) in [5.74, 6) is 1.59. The van der Waals surface area contributed by atoms with Crippen molar-refractivity contribution in [2.45, 2.75) is 32.3 Å². The molecule has 0 aliphatic rings. The minimum absolute atomic E-state index is 0.753. The van der Waals surface area contributed by atoms with Crippen LogP contribution in [-0.4, -0.2) is 20.9 Å². The Morgan fingerprint density at radius 1 is 1.47 bits per heavy atom. The zero-order valence-electron chi connectivity index (χ0n) is 11.9. The van der Waals surface area contributed by atoms with Crippen molar-refractivity contribution >= 4 is 11.8 Å². The highest BCUT2D eigenvalue weighted by Crippen LogP contribution is 2.21. The molecule has 0 unspecified atom stereocenters. The molecule has 0 aliphatic heterocycles. The first kappa shape index (κ1) is 15.5. The number of hydrogen-bond acceptors (Lipinski definition) is 3. The van der Waals surface area contributed by atoms with Gasteiger partial charge in [0.1, 0.15) is 5.82 Å².